The van der Waals surface area contributed by atoms with Crippen molar-refractivity contribution in [1.82, 2.24) is 10.2 Å². The van der Waals surface area contributed by atoms with Gasteiger partial charge >= 0.3 is 0 Å². The van der Waals surface area contributed by atoms with Gasteiger partial charge in [-0.3, -0.25) is 0 Å². The van der Waals surface area contributed by atoms with Gasteiger partial charge in [0.25, 0.3) is 0 Å². The molecule has 2 rings (SSSR count). The van der Waals surface area contributed by atoms with Crippen LogP contribution >= 0.6 is 0 Å². The largest absolute Gasteiger partial charge is 0.309 e. The Kier molecular flexibility index (Phi) is 2.37. The van der Waals surface area contributed by atoms with Crippen LogP contribution in [0.15, 0.2) is 0 Å². The van der Waals surface area contributed by atoms with Gasteiger partial charge in [-0.05, 0) is 32.2 Å². The summed E-state index contributed by atoms with van der Waals surface area (Å²) in [7, 11) is 2.19. The summed E-state index contributed by atoms with van der Waals surface area (Å²) in [4.78, 5) is 2.37. The summed E-state index contributed by atoms with van der Waals surface area (Å²) in [5.74, 6) is 0.959. The van der Waals surface area contributed by atoms with Crippen molar-refractivity contribution in [2.75, 3.05) is 20.1 Å². The maximum absolute atomic E-state index is 3.73. The molecule has 0 aromatic carbocycles. The summed E-state index contributed by atoms with van der Waals surface area (Å²) >= 11 is 0. The molecule has 0 spiro atoms. The van der Waals surface area contributed by atoms with Crippen LogP contribution < -0.4 is 5.32 Å². The first-order chi connectivity index (χ1) is 5.74. The molecule has 1 saturated heterocycles. The Bertz CT molecular complexity index is 152. The molecule has 2 fully saturated rings. The summed E-state index contributed by atoms with van der Waals surface area (Å²) in [5.41, 5.74) is 0. The predicted molar refractivity (Wildman–Crippen MR) is 51.2 cm³/mol. The van der Waals surface area contributed by atoms with E-state index in [2.05, 4.69) is 24.2 Å². The highest BCUT2D eigenvalue weighted by Crippen LogP contribution is 2.25. The minimum absolute atomic E-state index is 0.797. The quantitative estimate of drug-likeness (QED) is 0.663. The standard InChI is InChI=1S/C10H20N2/c1-8-3-4-9(5-8)11-10-6-12(2)7-10/h8-11H,3-7H2,1-2H3. The van der Waals surface area contributed by atoms with E-state index in [4.69, 9.17) is 0 Å². The van der Waals surface area contributed by atoms with Crippen LogP contribution in [0.3, 0.4) is 0 Å². The Morgan fingerprint density at radius 1 is 1.17 bits per heavy atom. The molecule has 12 heavy (non-hydrogen) atoms. The lowest BCUT2D eigenvalue weighted by Crippen LogP contribution is -2.58. The fraction of sp³-hybridized carbons (Fsp3) is 1.00. The summed E-state index contributed by atoms with van der Waals surface area (Å²) in [5, 5.41) is 3.73. The predicted octanol–water partition coefficient (Wildman–Crippen LogP) is 1.08. The van der Waals surface area contributed by atoms with E-state index in [0.29, 0.717) is 0 Å². The van der Waals surface area contributed by atoms with Gasteiger partial charge in [-0.2, -0.15) is 0 Å². The number of nitrogens with one attached hydrogen (secondary N) is 1. The maximum atomic E-state index is 3.73. The highest BCUT2D eigenvalue weighted by Gasteiger charge is 2.28. The lowest BCUT2D eigenvalue weighted by Gasteiger charge is -2.38. The minimum Gasteiger partial charge on any atom is -0.309 e. The number of likely N-dealkylation sites (tertiary alicyclic amines) is 1. The van der Waals surface area contributed by atoms with Crippen LogP contribution in [-0.4, -0.2) is 37.1 Å². The third kappa shape index (κ3) is 1.80. The van der Waals surface area contributed by atoms with Gasteiger partial charge in [0.15, 0.2) is 0 Å². The van der Waals surface area contributed by atoms with Gasteiger partial charge in [-0.1, -0.05) is 6.92 Å². The second-order valence-electron chi connectivity index (χ2n) is 4.70. The first-order valence-corrected chi connectivity index (χ1v) is 5.18. The molecule has 2 atom stereocenters. The average molecular weight is 168 g/mol. The van der Waals surface area contributed by atoms with Gasteiger partial charge in [-0.15, -0.1) is 0 Å². The summed E-state index contributed by atoms with van der Waals surface area (Å²) in [6, 6.07) is 1.63. The van der Waals surface area contributed by atoms with Crippen LogP contribution in [0.25, 0.3) is 0 Å². The molecule has 70 valence electrons. The monoisotopic (exact) mass is 168 g/mol. The van der Waals surface area contributed by atoms with Crippen molar-refractivity contribution in [3.05, 3.63) is 0 Å². The third-order valence-electron chi connectivity index (χ3n) is 3.23. The lowest BCUT2D eigenvalue weighted by molar-refractivity contribution is 0.150. The van der Waals surface area contributed by atoms with E-state index in [1.54, 1.807) is 0 Å². The van der Waals surface area contributed by atoms with Gasteiger partial charge in [-0.25, -0.2) is 0 Å². The molecule has 1 saturated carbocycles. The van der Waals surface area contributed by atoms with Crippen molar-refractivity contribution in [2.45, 2.75) is 38.3 Å². The summed E-state index contributed by atoms with van der Waals surface area (Å²) in [6.45, 7) is 4.88. The number of nitrogens with zero attached hydrogens (tertiary/aromatic N) is 1. The molecule has 0 aromatic rings. The zero-order valence-electron chi connectivity index (χ0n) is 8.21. The molecule has 0 radical (unpaired) electrons. The van der Waals surface area contributed by atoms with Crippen LogP contribution in [0.2, 0.25) is 0 Å². The molecule has 1 aliphatic heterocycles. The number of hydrogen-bond acceptors (Lipinski definition) is 2. The fourth-order valence-corrected chi connectivity index (χ4v) is 2.50. The average Bonchev–Trinajstić information content (AvgIpc) is 2.33. The number of hydrogen-bond donors (Lipinski definition) is 1. The van der Waals surface area contributed by atoms with Crippen molar-refractivity contribution in [3.8, 4) is 0 Å². The third-order valence-corrected chi connectivity index (χ3v) is 3.23. The minimum atomic E-state index is 0.797. The topological polar surface area (TPSA) is 15.3 Å². The molecule has 1 heterocycles. The van der Waals surface area contributed by atoms with Crippen molar-refractivity contribution in [1.29, 1.82) is 0 Å². The Hall–Kier alpha value is -0.0800. The van der Waals surface area contributed by atoms with Crippen LogP contribution in [0, 0.1) is 5.92 Å². The van der Waals surface area contributed by atoms with Crippen molar-refractivity contribution in [3.63, 3.8) is 0 Å². The van der Waals surface area contributed by atoms with E-state index >= 15 is 0 Å². The number of rotatable bonds is 2. The molecule has 2 nitrogen and oxygen atoms in total. The maximum Gasteiger partial charge on any atom is 0.0324 e. The molecule has 1 N–H and O–H groups in total. The molecule has 0 aromatic heterocycles. The SMILES string of the molecule is CC1CCC(NC2CN(C)C2)C1. The van der Waals surface area contributed by atoms with Crippen molar-refractivity contribution < 1.29 is 0 Å². The summed E-state index contributed by atoms with van der Waals surface area (Å²) < 4.78 is 0. The van der Waals surface area contributed by atoms with Gasteiger partial charge < -0.3 is 10.2 Å². The van der Waals surface area contributed by atoms with E-state index in [9.17, 15) is 0 Å². The number of likely N-dealkylation sites (N-methyl/N-ethyl adjacent to an activating group) is 1. The van der Waals surface area contributed by atoms with Gasteiger partial charge in [0.2, 0.25) is 0 Å². The van der Waals surface area contributed by atoms with E-state index in [1.807, 2.05) is 0 Å². The first-order valence-electron chi connectivity index (χ1n) is 5.18. The Balaban J connectivity index is 1.67. The normalized spacial score (nSPS) is 38.5. The highest BCUT2D eigenvalue weighted by molar-refractivity contribution is 4.88. The Labute approximate surface area is 75.3 Å². The first kappa shape index (κ1) is 8.52. The van der Waals surface area contributed by atoms with E-state index in [0.717, 1.165) is 18.0 Å². The zero-order valence-corrected chi connectivity index (χ0v) is 8.21. The summed E-state index contributed by atoms with van der Waals surface area (Å²) in [6.07, 6.45) is 4.24. The van der Waals surface area contributed by atoms with Gasteiger partial charge in [0.05, 0.1) is 0 Å². The second-order valence-corrected chi connectivity index (χ2v) is 4.70. The zero-order chi connectivity index (χ0) is 8.55. The molecular formula is C10H20N2. The van der Waals surface area contributed by atoms with Crippen LogP contribution in [0.1, 0.15) is 26.2 Å². The smallest absolute Gasteiger partial charge is 0.0324 e. The van der Waals surface area contributed by atoms with Crippen molar-refractivity contribution in [2.24, 2.45) is 5.92 Å². The lowest BCUT2D eigenvalue weighted by atomic mass is 10.1. The fourth-order valence-electron chi connectivity index (χ4n) is 2.50. The van der Waals surface area contributed by atoms with Crippen molar-refractivity contribution >= 4 is 0 Å². The highest BCUT2D eigenvalue weighted by atomic mass is 15.2. The molecule has 2 aliphatic rings. The van der Waals surface area contributed by atoms with Gasteiger partial charge in [0, 0.05) is 25.2 Å². The second kappa shape index (κ2) is 3.35. The molecule has 1 aliphatic carbocycles. The molecule has 2 heteroatoms. The van der Waals surface area contributed by atoms with E-state index in [-0.39, 0.29) is 0 Å². The Morgan fingerprint density at radius 2 is 1.92 bits per heavy atom. The van der Waals surface area contributed by atoms with Crippen LogP contribution in [0.4, 0.5) is 0 Å². The van der Waals surface area contributed by atoms with E-state index < -0.39 is 0 Å². The molecule has 0 bridgehead atoms. The van der Waals surface area contributed by atoms with Gasteiger partial charge in [0.1, 0.15) is 0 Å². The molecular weight excluding hydrogens is 148 g/mol. The van der Waals surface area contributed by atoms with Crippen LogP contribution in [0.5, 0.6) is 0 Å². The van der Waals surface area contributed by atoms with Crippen LogP contribution in [-0.2, 0) is 0 Å². The molecule has 0 amide bonds. The van der Waals surface area contributed by atoms with E-state index in [1.165, 1.54) is 32.4 Å². The Morgan fingerprint density at radius 3 is 2.42 bits per heavy atom. The molecule has 2 unspecified atom stereocenters.